The van der Waals surface area contributed by atoms with Crippen LogP contribution in [0.2, 0.25) is 0 Å². The smallest absolute Gasteiger partial charge is 0.299 e. The SMILES string of the molecule is CC(CN1CCCC1)Nc1ccc([N+](=O)[O-])cc1[N+](=O)[O-]. The summed E-state index contributed by atoms with van der Waals surface area (Å²) in [6, 6.07) is 3.70. The third-order valence-corrected chi connectivity index (χ3v) is 3.52. The van der Waals surface area contributed by atoms with Crippen LogP contribution >= 0.6 is 0 Å². The van der Waals surface area contributed by atoms with E-state index in [1.165, 1.54) is 25.0 Å². The Bertz CT molecular complexity index is 543. The van der Waals surface area contributed by atoms with Gasteiger partial charge >= 0.3 is 0 Å². The molecule has 0 radical (unpaired) electrons. The number of nitro benzene ring substituents is 2. The Balaban J connectivity index is 2.10. The highest BCUT2D eigenvalue weighted by Crippen LogP contribution is 2.29. The van der Waals surface area contributed by atoms with Crippen molar-refractivity contribution in [2.24, 2.45) is 0 Å². The van der Waals surface area contributed by atoms with E-state index in [2.05, 4.69) is 10.2 Å². The summed E-state index contributed by atoms with van der Waals surface area (Å²) >= 11 is 0. The first-order valence-corrected chi connectivity index (χ1v) is 6.89. The molecule has 21 heavy (non-hydrogen) atoms. The van der Waals surface area contributed by atoms with E-state index >= 15 is 0 Å². The second-order valence-electron chi connectivity index (χ2n) is 5.27. The van der Waals surface area contributed by atoms with Crippen molar-refractivity contribution in [2.75, 3.05) is 25.0 Å². The molecule has 1 aromatic carbocycles. The van der Waals surface area contributed by atoms with Crippen LogP contribution in [0.3, 0.4) is 0 Å². The van der Waals surface area contributed by atoms with Gasteiger partial charge in [0.1, 0.15) is 5.69 Å². The molecular weight excluding hydrogens is 276 g/mol. The van der Waals surface area contributed by atoms with Crippen LogP contribution in [-0.2, 0) is 0 Å². The average molecular weight is 294 g/mol. The molecule has 1 atom stereocenters. The predicted molar refractivity (Wildman–Crippen MR) is 78.5 cm³/mol. The summed E-state index contributed by atoms with van der Waals surface area (Å²) in [4.78, 5) is 22.8. The fourth-order valence-electron chi connectivity index (χ4n) is 2.57. The first-order valence-electron chi connectivity index (χ1n) is 6.89. The van der Waals surface area contributed by atoms with Gasteiger partial charge in [0.05, 0.1) is 15.9 Å². The van der Waals surface area contributed by atoms with Gasteiger partial charge in [-0.15, -0.1) is 0 Å². The second kappa shape index (κ2) is 6.49. The molecule has 0 aromatic heterocycles. The molecule has 0 amide bonds. The Morgan fingerprint density at radius 3 is 2.48 bits per heavy atom. The molecule has 114 valence electrons. The fraction of sp³-hybridized carbons (Fsp3) is 0.538. The van der Waals surface area contributed by atoms with Crippen molar-refractivity contribution >= 4 is 17.1 Å². The standard InChI is InChI=1S/C13H18N4O4/c1-10(9-15-6-2-3-7-15)14-12-5-4-11(16(18)19)8-13(12)17(20)21/h4-5,8,10,14H,2-3,6-7,9H2,1H3. The lowest BCUT2D eigenvalue weighted by atomic mass is 10.2. The second-order valence-corrected chi connectivity index (χ2v) is 5.27. The number of hydrogen-bond acceptors (Lipinski definition) is 6. The number of nitrogens with one attached hydrogen (secondary N) is 1. The van der Waals surface area contributed by atoms with Gasteiger partial charge in [-0.1, -0.05) is 0 Å². The summed E-state index contributed by atoms with van der Waals surface area (Å²) in [5.74, 6) is 0. The summed E-state index contributed by atoms with van der Waals surface area (Å²) in [6.07, 6.45) is 2.37. The minimum Gasteiger partial charge on any atom is -0.376 e. The molecule has 0 spiro atoms. The van der Waals surface area contributed by atoms with Crippen LogP contribution in [0, 0.1) is 20.2 Å². The molecule has 0 bridgehead atoms. The Labute approximate surface area is 122 Å². The van der Waals surface area contributed by atoms with Gasteiger partial charge in [0, 0.05) is 18.7 Å². The zero-order valence-corrected chi connectivity index (χ0v) is 11.8. The van der Waals surface area contributed by atoms with Crippen LogP contribution in [0.4, 0.5) is 17.1 Å². The van der Waals surface area contributed by atoms with Crippen LogP contribution < -0.4 is 5.32 Å². The third-order valence-electron chi connectivity index (χ3n) is 3.52. The number of benzene rings is 1. The summed E-state index contributed by atoms with van der Waals surface area (Å²) in [5.41, 5.74) is -0.228. The summed E-state index contributed by atoms with van der Waals surface area (Å²) in [7, 11) is 0. The van der Waals surface area contributed by atoms with Crippen LogP contribution in [0.1, 0.15) is 19.8 Å². The molecule has 1 unspecified atom stereocenters. The lowest BCUT2D eigenvalue weighted by molar-refractivity contribution is -0.393. The molecule has 0 aliphatic carbocycles. The van der Waals surface area contributed by atoms with E-state index in [9.17, 15) is 20.2 Å². The maximum atomic E-state index is 11.1. The van der Waals surface area contributed by atoms with Crippen LogP contribution in [0.15, 0.2) is 18.2 Å². The molecular formula is C13H18N4O4. The average Bonchev–Trinajstić information content (AvgIpc) is 2.91. The molecule has 1 N–H and O–H groups in total. The van der Waals surface area contributed by atoms with Crippen molar-refractivity contribution in [1.29, 1.82) is 0 Å². The Hall–Kier alpha value is -2.22. The molecule has 8 heteroatoms. The van der Waals surface area contributed by atoms with Gasteiger partial charge in [0.2, 0.25) is 0 Å². The van der Waals surface area contributed by atoms with Crippen LogP contribution in [-0.4, -0.2) is 40.4 Å². The van der Waals surface area contributed by atoms with Gasteiger partial charge in [-0.2, -0.15) is 0 Å². The third kappa shape index (κ3) is 3.88. The Kier molecular flexibility index (Phi) is 4.69. The lowest BCUT2D eigenvalue weighted by Gasteiger charge is -2.21. The van der Waals surface area contributed by atoms with E-state index in [1.54, 1.807) is 0 Å². The van der Waals surface area contributed by atoms with E-state index in [0.29, 0.717) is 5.69 Å². The summed E-state index contributed by atoms with van der Waals surface area (Å²) in [5, 5.41) is 24.8. The minimum absolute atomic E-state index is 0.0308. The van der Waals surface area contributed by atoms with E-state index in [0.717, 1.165) is 25.7 Å². The van der Waals surface area contributed by atoms with Crippen molar-refractivity contribution in [3.63, 3.8) is 0 Å². The number of anilines is 1. The topological polar surface area (TPSA) is 102 Å². The zero-order valence-electron chi connectivity index (χ0n) is 11.8. The van der Waals surface area contributed by atoms with E-state index < -0.39 is 9.85 Å². The van der Waals surface area contributed by atoms with Crippen molar-refractivity contribution in [2.45, 2.75) is 25.8 Å². The van der Waals surface area contributed by atoms with Crippen molar-refractivity contribution in [1.82, 2.24) is 4.90 Å². The minimum atomic E-state index is -0.634. The Morgan fingerprint density at radius 1 is 1.24 bits per heavy atom. The van der Waals surface area contributed by atoms with Gasteiger partial charge in [0.25, 0.3) is 11.4 Å². The first-order chi connectivity index (χ1) is 9.97. The highest BCUT2D eigenvalue weighted by molar-refractivity contribution is 5.65. The van der Waals surface area contributed by atoms with E-state index in [1.807, 2.05) is 6.92 Å². The van der Waals surface area contributed by atoms with Crippen LogP contribution in [0.5, 0.6) is 0 Å². The van der Waals surface area contributed by atoms with Crippen molar-refractivity contribution < 1.29 is 9.85 Å². The van der Waals surface area contributed by atoms with Gasteiger partial charge in [-0.25, -0.2) is 0 Å². The van der Waals surface area contributed by atoms with Gasteiger partial charge in [-0.05, 0) is 38.9 Å². The predicted octanol–water partition coefficient (Wildman–Crippen LogP) is 2.40. The zero-order chi connectivity index (χ0) is 15.4. The van der Waals surface area contributed by atoms with Gasteiger partial charge < -0.3 is 10.2 Å². The molecule has 8 nitrogen and oxygen atoms in total. The number of likely N-dealkylation sites (tertiary alicyclic amines) is 1. The first kappa shape index (κ1) is 15.2. The molecule has 2 rings (SSSR count). The van der Waals surface area contributed by atoms with Gasteiger partial charge in [-0.3, -0.25) is 20.2 Å². The van der Waals surface area contributed by atoms with Gasteiger partial charge in [0.15, 0.2) is 0 Å². The highest BCUT2D eigenvalue weighted by Gasteiger charge is 2.21. The monoisotopic (exact) mass is 294 g/mol. The number of rotatable bonds is 6. The van der Waals surface area contributed by atoms with Crippen LogP contribution in [0.25, 0.3) is 0 Å². The molecule has 1 aliphatic heterocycles. The summed E-state index contributed by atoms with van der Waals surface area (Å²) < 4.78 is 0. The maximum Gasteiger partial charge on any atom is 0.299 e. The van der Waals surface area contributed by atoms with E-state index in [4.69, 9.17) is 0 Å². The maximum absolute atomic E-state index is 11.1. The van der Waals surface area contributed by atoms with Crippen molar-refractivity contribution in [3.05, 3.63) is 38.4 Å². The molecule has 1 heterocycles. The number of non-ortho nitro benzene ring substituents is 1. The number of nitrogens with zero attached hydrogens (tertiary/aromatic N) is 3. The molecule has 0 saturated carbocycles. The van der Waals surface area contributed by atoms with E-state index in [-0.39, 0.29) is 17.4 Å². The Morgan fingerprint density at radius 2 is 1.90 bits per heavy atom. The largest absolute Gasteiger partial charge is 0.376 e. The van der Waals surface area contributed by atoms with Crippen molar-refractivity contribution in [3.8, 4) is 0 Å². The number of nitro groups is 2. The molecule has 1 fully saturated rings. The lowest BCUT2D eigenvalue weighted by Crippen LogP contribution is -2.33. The molecule has 1 aromatic rings. The quantitative estimate of drug-likeness (QED) is 0.638. The fourth-order valence-corrected chi connectivity index (χ4v) is 2.57. The molecule has 1 aliphatic rings. The highest BCUT2D eigenvalue weighted by atomic mass is 16.6. The normalized spacial score (nSPS) is 16.6. The number of hydrogen-bond donors (Lipinski definition) is 1. The molecule has 1 saturated heterocycles. The summed E-state index contributed by atoms with van der Waals surface area (Å²) in [6.45, 7) is 4.85.